The summed E-state index contributed by atoms with van der Waals surface area (Å²) < 4.78 is 22.9. The number of hydrogen-bond donors (Lipinski definition) is 1. The lowest BCUT2D eigenvalue weighted by atomic mass is 10.1. The van der Waals surface area contributed by atoms with Crippen molar-refractivity contribution in [3.63, 3.8) is 0 Å². The topological polar surface area (TPSA) is 46.2 Å². The van der Waals surface area contributed by atoms with Crippen molar-refractivity contribution in [3.8, 4) is 0 Å². The predicted octanol–water partition coefficient (Wildman–Crippen LogP) is 1.91. The summed E-state index contributed by atoms with van der Waals surface area (Å²) in [4.78, 5) is 0. The molecule has 0 aromatic heterocycles. The van der Waals surface area contributed by atoms with Gasteiger partial charge in [-0.15, -0.1) is 0 Å². The molecule has 0 aliphatic carbocycles. The van der Waals surface area contributed by atoms with Crippen LogP contribution in [0.15, 0.2) is 24.3 Å². The lowest BCUT2D eigenvalue weighted by Crippen LogP contribution is -2.33. The Morgan fingerprint density at radius 2 is 1.82 bits per heavy atom. The lowest BCUT2D eigenvalue weighted by Gasteiger charge is -2.13. The number of nitrogens with one attached hydrogen (secondary N) is 1. The highest BCUT2D eigenvalue weighted by Gasteiger charge is 2.12. The fraction of sp³-hybridized carbons (Fsp3) is 0.538. The molecule has 0 spiro atoms. The van der Waals surface area contributed by atoms with Crippen LogP contribution in [-0.4, -0.2) is 26.0 Å². The molecular weight excluding hydrogens is 234 g/mol. The van der Waals surface area contributed by atoms with E-state index in [0.717, 1.165) is 0 Å². The highest BCUT2D eigenvalue weighted by atomic mass is 32.2. The second kappa shape index (κ2) is 6.17. The van der Waals surface area contributed by atoms with Crippen molar-refractivity contribution in [2.75, 3.05) is 11.5 Å². The molecule has 96 valence electrons. The minimum Gasteiger partial charge on any atom is -0.309 e. The average Bonchev–Trinajstić information content (AvgIpc) is 2.28. The predicted molar refractivity (Wildman–Crippen MR) is 71.8 cm³/mol. The zero-order valence-electron chi connectivity index (χ0n) is 10.7. The van der Waals surface area contributed by atoms with E-state index in [0.29, 0.717) is 6.54 Å². The molecule has 0 fully saturated rings. The molecule has 17 heavy (non-hydrogen) atoms. The van der Waals surface area contributed by atoms with E-state index in [2.05, 4.69) is 29.6 Å². The van der Waals surface area contributed by atoms with Gasteiger partial charge >= 0.3 is 0 Å². The Kier molecular flexibility index (Phi) is 5.15. The first-order valence-electron chi connectivity index (χ1n) is 5.92. The molecule has 0 bridgehead atoms. The van der Waals surface area contributed by atoms with Crippen LogP contribution in [0.3, 0.4) is 0 Å². The number of aryl methyl sites for hydroxylation is 1. The summed E-state index contributed by atoms with van der Waals surface area (Å²) in [6, 6.07) is 8.23. The molecule has 0 heterocycles. The molecule has 1 N–H and O–H groups in total. The summed E-state index contributed by atoms with van der Waals surface area (Å²) in [6.45, 7) is 6.35. The summed E-state index contributed by atoms with van der Waals surface area (Å²) in [6.07, 6.45) is 0. The maximum atomic E-state index is 11.4. The molecule has 1 aromatic rings. The first kappa shape index (κ1) is 14.2. The first-order chi connectivity index (χ1) is 7.93. The smallest absolute Gasteiger partial charge is 0.151 e. The van der Waals surface area contributed by atoms with Gasteiger partial charge < -0.3 is 5.32 Å². The van der Waals surface area contributed by atoms with Gasteiger partial charge in [0.1, 0.15) is 0 Å². The Morgan fingerprint density at radius 3 is 2.35 bits per heavy atom. The third kappa shape index (κ3) is 5.33. The summed E-state index contributed by atoms with van der Waals surface area (Å²) in [5, 5.41) is 3.23. The Hall–Kier alpha value is -0.870. The first-order valence-corrected chi connectivity index (χ1v) is 7.74. The third-order valence-electron chi connectivity index (χ3n) is 2.72. The molecule has 0 saturated heterocycles. The van der Waals surface area contributed by atoms with Crippen LogP contribution in [0.1, 0.15) is 25.0 Å². The quantitative estimate of drug-likeness (QED) is 0.844. The van der Waals surface area contributed by atoms with Crippen LogP contribution in [0.5, 0.6) is 0 Å². The molecule has 0 amide bonds. The van der Waals surface area contributed by atoms with Gasteiger partial charge in [0.25, 0.3) is 0 Å². The van der Waals surface area contributed by atoms with E-state index in [1.54, 1.807) is 6.92 Å². The van der Waals surface area contributed by atoms with E-state index >= 15 is 0 Å². The highest BCUT2D eigenvalue weighted by molar-refractivity contribution is 7.91. The Bertz CT molecular complexity index is 437. The Morgan fingerprint density at radius 1 is 1.24 bits per heavy atom. The standard InChI is InChI=1S/C13H21NO2S/c1-4-17(15,16)10-12(3)14-9-13-7-5-11(2)6-8-13/h5-8,12,14H,4,9-10H2,1-3H3. The van der Waals surface area contributed by atoms with E-state index in [1.807, 2.05) is 13.8 Å². The molecule has 0 saturated carbocycles. The average molecular weight is 255 g/mol. The highest BCUT2D eigenvalue weighted by Crippen LogP contribution is 2.03. The summed E-state index contributed by atoms with van der Waals surface area (Å²) in [5.41, 5.74) is 2.41. The minimum atomic E-state index is -2.89. The van der Waals surface area contributed by atoms with Gasteiger partial charge in [-0.3, -0.25) is 0 Å². The SMILES string of the molecule is CCS(=O)(=O)CC(C)NCc1ccc(C)cc1. The molecule has 0 aliphatic heterocycles. The molecule has 1 unspecified atom stereocenters. The van der Waals surface area contributed by atoms with Crippen molar-refractivity contribution in [2.45, 2.75) is 33.4 Å². The van der Waals surface area contributed by atoms with E-state index in [1.165, 1.54) is 11.1 Å². The molecule has 3 nitrogen and oxygen atoms in total. The molecule has 0 radical (unpaired) electrons. The number of sulfone groups is 1. The Labute approximate surface area is 104 Å². The maximum Gasteiger partial charge on any atom is 0.151 e. The van der Waals surface area contributed by atoms with Crippen LogP contribution in [0.25, 0.3) is 0 Å². The zero-order chi connectivity index (χ0) is 12.9. The fourth-order valence-corrected chi connectivity index (χ4v) is 2.67. The van der Waals surface area contributed by atoms with E-state index in [-0.39, 0.29) is 17.5 Å². The van der Waals surface area contributed by atoms with Crippen LogP contribution in [0, 0.1) is 6.92 Å². The summed E-state index contributed by atoms with van der Waals surface area (Å²) in [7, 11) is -2.89. The van der Waals surface area contributed by atoms with E-state index in [9.17, 15) is 8.42 Å². The van der Waals surface area contributed by atoms with Gasteiger partial charge in [-0.2, -0.15) is 0 Å². The van der Waals surface area contributed by atoms with Crippen LogP contribution < -0.4 is 5.32 Å². The Balaban J connectivity index is 2.43. The second-order valence-electron chi connectivity index (χ2n) is 4.47. The monoisotopic (exact) mass is 255 g/mol. The van der Waals surface area contributed by atoms with Gasteiger partial charge in [-0.05, 0) is 19.4 Å². The largest absolute Gasteiger partial charge is 0.309 e. The number of rotatable bonds is 6. The van der Waals surface area contributed by atoms with Crippen molar-refractivity contribution in [1.82, 2.24) is 5.32 Å². The third-order valence-corrected chi connectivity index (χ3v) is 4.61. The maximum absolute atomic E-state index is 11.4. The summed E-state index contributed by atoms with van der Waals surface area (Å²) in [5.74, 6) is 0.416. The van der Waals surface area contributed by atoms with Crippen LogP contribution in [0.2, 0.25) is 0 Å². The van der Waals surface area contributed by atoms with E-state index < -0.39 is 9.84 Å². The second-order valence-corrected chi connectivity index (χ2v) is 6.86. The van der Waals surface area contributed by atoms with Gasteiger partial charge in [-0.25, -0.2) is 8.42 Å². The minimum absolute atomic E-state index is 0.0127. The molecule has 0 aliphatic rings. The van der Waals surface area contributed by atoms with Crippen molar-refractivity contribution in [1.29, 1.82) is 0 Å². The van der Waals surface area contributed by atoms with Crippen LogP contribution in [-0.2, 0) is 16.4 Å². The van der Waals surface area contributed by atoms with Crippen LogP contribution in [0.4, 0.5) is 0 Å². The zero-order valence-corrected chi connectivity index (χ0v) is 11.5. The lowest BCUT2D eigenvalue weighted by molar-refractivity contribution is 0.557. The fourth-order valence-electron chi connectivity index (χ4n) is 1.56. The molecule has 4 heteroatoms. The van der Waals surface area contributed by atoms with Crippen molar-refractivity contribution in [3.05, 3.63) is 35.4 Å². The molecular formula is C13H21NO2S. The molecule has 1 aromatic carbocycles. The van der Waals surface area contributed by atoms with Gasteiger partial charge in [0, 0.05) is 18.3 Å². The van der Waals surface area contributed by atoms with Gasteiger partial charge in [0.05, 0.1) is 5.75 Å². The molecule has 1 atom stereocenters. The van der Waals surface area contributed by atoms with Crippen molar-refractivity contribution >= 4 is 9.84 Å². The van der Waals surface area contributed by atoms with E-state index in [4.69, 9.17) is 0 Å². The summed E-state index contributed by atoms with van der Waals surface area (Å²) >= 11 is 0. The van der Waals surface area contributed by atoms with Gasteiger partial charge in [0.15, 0.2) is 9.84 Å². The van der Waals surface area contributed by atoms with Crippen molar-refractivity contribution < 1.29 is 8.42 Å². The number of hydrogen-bond acceptors (Lipinski definition) is 3. The van der Waals surface area contributed by atoms with Crippen LogP contribution >= 0.6 is 0 Å². The van der Waals surface area contributed by atoms with Crippen molar-refractivity contribution in [2.24, 2.45) is 0 Å². The van der Waals surface area contributed by atoms with Gasteiger partial charge in [-0.1, -0.05) is 36.8 Å². The number of benzene rings is 1. The normalized spacial score (nSPS) is 13.6. The molecule has 1 rings (SSSR count). The van der Waals surface area contributed by atoms with Gasteiger partial charge in [0.2, 0.25) is 0 Å².